The van der Waals surface area contributed by atoms with E-state index in [1.165, 1.54) is 16.7 Å². The zero-order chi connectivity index (χ0) is 14.5. The van der Waals surface area contributed by atoms with E-state index < -0.39 is 0 Å². The summed E-state index contributed by atoms with van der Waals surface area (Å²) in [6.45, 7) is 6.66. The van der Waals surface area contributed by atoms with Gasteiger partial charge in [-0.3, -0.25) is 5.32 Å². The average Bonchev–Trinajstić information content (AvgIpc) is 2.37. The van der Waals surface area contributed by atoms with Crippen LogP contribution in [0.4, 0.5) is 11.6 Å². The highest BCUT2D eigenvalue weighted by Gasteiger charge is 2.03. The molecule has 20 heavy (non-hydrogen) atoms. The fourth-order valence-electron chi connectivity index (χ4n) is 2.01. The molecule has 1 aromatic heterocycles. The quantitative estimate of drug-likeness (QED) is 0.658. The van der Waals surface area contributed by atoms with Crippen LogP contribution in [-0.2, 0) is 6.54 Å². The normalized spacial score (nSPS) is 9.90. The van der Waals surface area contributed by atoms with Crippen molar-refractivity contribution in [2.75, 3.05) is 10.6 Å². The number of rotatable bonds is 4. The van der Waals surface area contributed by atoms with Crippen molar-refractivity contribution in [1.82, 2.24) is 9.97 Å². The zero-order valence-corrected chi connectivity index (χ0v) is 11.9. The molecule has 1 aromatic carbocycles. The minimum absolute atomic E-state index is 0.503. The summed E-state index contributed by atoms with van der Waals surface area (Å²) >= 11 is 0. The Hall–Kier alpha value is -2.61. The molecule has 0 unspecified atom stereocenters. The van der Waals surface area contributed by atoms with E-state index in [2.05, 4.69) is 52.6 Å². The van der Waals surface area contributed by atoms with Crippen LogP contribution in [0.25, 0.3) is 0 Å². The Labute approximate surface area is 118 Å². The van der Waals surface area contributed by atoms with Gasteiger partial charge in [-0.2, -0.15) is 5.26 Å². The van der Waals surface area contributed by atoms with Gasteiger partial charge in [-0.15, -0.1) is 0 Å². The molecule has 5 heteroatoms. The van der Waals surface area contributed by atoms with Crippen LogP contribution in [0, 0.1) is 32.2 Å². The van der Waals surface area contributed by atoms with Crippen molar-refractivity contribution in [2.24, 2.45) is 0 Å². The number of hydrogen-bond acceptors (Lipinski definition) is 5. The minimum atomic E-state index is 0.503. The Bertz CT molecular complexity index is 658. The molecule has 2 aromatic rings. The molecule has 0 amide bonds. The Morgan fingerprint density at radius 2 is 1.85 bits per heavy atom. The second-order valence-electron chi connectivity index (χ2n) is 4.71. The Morgan fingerprint density at radius 3 is 2.55 bits per heavy atom. The highest BCUT2D eigenvalue weighted by Crippen LogP contribution is 2.15. The lowest BCUT2D eigenvalue weighted by atomic mass is 10.1. The first-order valence-corrected chi connectivity index (χ1v) is 6.39. The van der Waals surface area contributed by atoms with Gasteiger partial charge in [0.1, 0.15) is 17.5 Å². The topological polar surface area (TPSA) is 73.6 Å². The molecule has 102 valence electrons. The van der Waals surface area contributed by atoms with Crippen LogP contribution in [0.15, 0.2) is 24.3 Å². The lowest BCUT2D eigenvalue weighted by Gasteiger charge is -2.10. The molecule has 0 spiro atoms. The first kappa shape index (κ1) is 13.8. The van der Waals surface area contributed by atoms with Gasteiger partial charge in [0.15, 0.2) is 6.19 Å². The van der Waals surface area contributed by atoms with Crippen LogP contribution in [0.5, 0.6) is 0 Å². The molecule has 0 fully saturated rings. The predicted molar refractivity (Wildman–Crippen MR) is 79.2 cm³/mol. The Morgan fingerprint density at radius 1 is 1.10 bits per heavy atom. The monoisotopic (exact) mass is 267 g/mol. The maximum absolute atomic E-state index is 8.63. The molecule has 1 heterocycles. The zero-order valence-electron chi connectivity index (χ0n) is 11.9. The van der Waals surface area contributed by atoms with Crippen LogP contribution in [0.2, 0.25) is 0 Å². The van der Waals surface area contributed by atoms with E-state index >= 15 is 0 Å². The first-order valence-electron chi connectivity index (χ1n) is 6.39. The van der Waals surface area contributed by atoms with Gasteiger partial charge >= 0.3 is 0 Å². The molecule has 0 saturated carbocycles. The lowest BCUT2D eigenvalue weighted by molar-refractivity contribution is 1.02. The highest BCUT2D eigenvalue weighted by molar-refractivity contribution is 5.50. The molecule has 0 aliphatic rings. The van der Waals surface area contributed by atoms with Gasteiger partial charge in [0.05, 0.1) is 0 Å². The molecular weight excluding hydrogens is 250 g/mol. The van der Waals surface area contributed by atoms with Gasteiger partial charge in [0, 0.05) is 12.6 Å². The third kappa shape index (κ3) is 3.45. The van der Waals surface area contributed by atoms with Crippen LogP contribution in [0.1, 0.15) is 22.5 Å². The summed E-state index contributed by atoms with van der Waals surface area (Å²) in [4.78, 5) is 8.43. The molecule has 0 bridgehead atoms. The summed E-state index contributed by atoms with van der Waals surface area (Å²) < 4.78 is 0. The van der Waals surface area contributed by atoms with Crippen LogP contribution >= 0.6 is 0 Å². The molecule has 2 rings (SSSR count). The molecule has 0 aliphatic heterocycles. The standard InChI is InChI=1S/C15H17N5/c1-10-4-5-13(11(2)6-10)8-17-14-7-15(18-9-16)20-12(3)19-14/h4-7H,8H2,1-3H3,(H2,17,18,19,20). The smallest absolute Gasteiger partial charge is 0.182 e. The summed E-state index contributed by atoms with van der Waals surface area (Å²) in [6.07, 6.45) is 1.86. The van der Waals surface area contributed by atoms with Crippen molar-refractivity contribution in [1.29, 1.82) is 5.26 Å². The van der Waals surface area contributed by atoms with Gasteiger partial charge in [0.2, 0.25) is 0 Å². The fourth-order valence-corrected chi connectivity index (χ4v) is 2.01. The SMILES string of the molecule is Cc1ccc(CNc2cc(NC#N)nc(C)n2)c(C)c1. The van der Waals surface area contributed by atoms with Gasteiger partial charge in [-0.05, 0) is 31.9 Å². The number of aryl methyl sites for hydroxylation is 3. The molecular formula is C15H17N5. The average molecular weight is 267 g/mol. The number of hydrogen-bond donors (Lipinski definition) is 2. The van der Waals surface area contributed by atoms with E-state index in [0.717, 1.165) is 0 Å². The summed E-state index contributed by atoms with van der Waals surface area (Å²) in [7, 11) is 0. The van der Waals surface area contributed by atoms with E-state index in [9.17, 15) is 0 Å². The lowest BCUT2D eigenvalue weighted by Crippen LogP contribution is -2.06. The molecule has 0 saturated heterocycles. The van der Waals surface area contributed by atoms with Crippen molar-refractivity contribution in [3.8, 4) is 6.19 Å². The molecule has 0 aliphatic carbocycles. The van der Waals surface area contributed by atoms with Crippen LogP contribution in [0.3, 0.4) is 0 Å². The summed E-state index contributed by atoms with van der Waals surface area (Å²) in [6, 6.07) is 8.09. The van der Waals surface area contributed by atoms with Crippen molar-refractivity contribution in [3.63, 3.8) is 0 Å². The van der Waals surface area contributed by atoms with Crippen molar-refractivity contribution < 1.29 is 0 Å². The number of benzene rings is 1. The Balaban J connectivity index is 2.12. The first-order chi connectivity index (χ1) is 9.58. The summed E-state index contributed by atoms with van der Waals surface area (Å²) in [5, 5.41) is 14.4. The van der Waals surface area contributed by atoms with E-state index in [4.69, 9.17) is 5.26 Å². The van der Waals surface area contributed by atoms with Crippen LogP contribution < -0.4 is 10.6 Å². The predicted octanol–water partition coefficient (Wildman–Crippen LogP) is 2.91. The number of anilines is 2. The van der Waals surface area contributed by atoms with Crippen molar-refractivity contribution in [3.05, 3.63) is 46.8 Å². The van der Waals surface area contributed by atoms with Crippen molar-refractivity contribution in [2.45, 2.75) is 27.3 Å². The molecule has 5 nitrogen and oxygen atoms in total. The third-order valence-corrected chi connectivity index (χ3v) is 2.98. The fraction of sp³-hybridized carbons (Fsp3) is 0.267. The van der Waals surface area contributed by atoms with Gasteiger partial charge in [0.25, 0.3) is 0 Å². The number of nitrogens with one attached hydrogen (secondary N) is 2. The van der Waals surface area contributed by atoms with Gasteiger partial charge in [-0.25, -0.2) is 9.97 Å². The molecule has 0 atom stereocenters. The van der Waals surface area contributed by atoms with E-state index in [-0.39, 0.29) is 0 Å². The second kappa shape index (κ2) is 6.02. The maximum Gasteiger partial charge on any atom is 0.182 e. The maximum atomic E-state index is 8.63. The molecule has 2 N–H and O–H groups in total. The third-order valence-electron chi connectivity index (χ3n) is 2.98. The van der Waals surface area contributed by atoms with E-state index in [1.54, 1.807) is 13.0 Å². The van der Waals surface area contributed by atoms with Gasteiger partial charge < -0.3 is 5.32 Å². The van der Waals surface area contributed by atoms with E-state index in [1.807, 2.05) is 6.19 Å². The Kier molecular flexibility index (Phi) is 4.16. The summed E-state index contributed by atoms with van der Waals surface area (Å²) in [5.74, 6) is 1.83. The molecule has 0 radical (unpaired) electrons. The summed E-state index contributed by atoms with van der Waals surface area (Å²) in [5.41, 5.74) is 3.73. The number of aromatic nitrogens is 2. The largest absolute Gasteiger partial charge is 0.366 e. The van der Waals surface area contributed by atoms with Crippen LogP contribution in [-0.4, -0.2) is 9.97 Å². The van der Waals surface area contributed by atoms with E-state index in [0.29, 0.717) is 24.0 Å². The number of nitriles is 1. The second-order valence-corrected chi connectivity index (χ2v) is 4.71. The number of nitrogens with zero attached hydrogens (tertiary/aromatic N) is 3. The van der Waals surface area contributed by atoms with Crippen molar-refractivity contribution >= 4 is 11.6 Å². The minimum Gasteiger partial charge on any atom is -0.366 e. The highest BCUT2D eigenvalue weighted by atomic mass is 15.1. The van der Waals surface area contributed by atoms with Gasteiger partial charge in [-0.1, -0.05) is 23.8 Å².